The number of hydrogen-bond acceptors (Lipinski definition) is 3. The fraction of sp³-hybridized carbons (Fsp3) is 0.818. The van der Waals surface area contributed by atoms with Crippen LogP contribution in [0, 0.1) is 4.77 Å². The first-order valence-corrected chi connectivity index (χ1v) is 6.53. The molecule has 0 aromatic carbocycles. The van der Waals surface area contributed by atoms with Gasteiger partial charge in [0.05, 0.1) is 0 Å². The maximum atomic E-state index is 5.30. The second-order valence-electron chi connectivity index (χ2n) is 4.47. The van der Waals surface area contributed by atoms with Crippen molar-refractivity contribution in [3.8, 4) is 0 Å². The molecule has 1 atom stereocenters. The lowest BCUT2D eigenvalue weighted by molar-refractivity contribution is 0.589. The summed E-state index contributed by atoms with van der Waals surface area (Å²) in [5.41, 5.74) is 0. The van der Waals surface area contributed by atoms with Gasteiger partial charge in [-0.15, -0.1) is 5.10 Å². The average molecular weight is 240 g/mol. The molecule has 5 heteroatoms. The van der Waals surface area contributed by atoms with Crippen LogP contribution in [0.2, 0.25) is 0 Å². The summed E-state index contributed by atoms with van der Waals surface area (Å²) in [6.45, 7) is 7.58. The van der Waals surface area contributed by atoms with Crippen molar-refractivity contribution in [2.45, 2.75) is 52.1 Å². The molecule has 0 bridgehead atoms. The van der Waals surface area contributed by atoms with Gasteiger partial charge >= 0.3 is 0 Å². The van der Waals surface area contributed by atoms with E-state index in [9.17, 15) is 0 Å². The van der Waals surface area contributed by atoms with Gasteiger partial charge in [-0.05, 0) is 45.3 Å². The molecule has 1 aromatic heterocycles. The standard InChI is InChI=1S/C11H20N4S/c1-4-8(3)14(5-2)10-12-13-11(16)15(10)9-6-7-9/h8-9H,4-7H2,1-3H3,(H,13,16). The normalized spacial score (nSPS) is 17.4. The summed E-state index contributed by atoms with van der Waals surface area (Å²) >= 11 is 5.30. The molecule has 1 unspecified atom stereocenters. The molecule has 0 saturated heterocycles. The molecule has 0 spiro atoms. The fourth-order valence-electron chi connectivity index (χ4n) is 2.03. The summed E-state index contributed by atoms with van der Waals surface area (Å²) in [5.74, 6) is 1.02. The molecule has 1 N–H and O–H groups in total. The Morgan fingerprint density at radius 3 is 2.75 bits per heavy atom. The number of aromatic amines is 1. The van der Waals surface area contributed by atoms with Crippen molar-refractivity contribution in [1.82, 2.24) is 14.8 Å². The van der Waals surface area contributed by atoms with Gasteiger partial charge in [0.2, 0.25) is 5.95 Å². The molecular formula is C11H20N4S. The molecule has 2 rings (SSSR count). The van der Waals surface area contributed by atoms with E-state index >= 15 is 0 Å². The molecule has 90 valence electrons. The lowest BCUT2D eigenvalue weighted by Crippen LogP contribution is -2.34. The van der Waals surface area contributed by atoms with E-state index in [1.54, 1.807) is 0 Å². The van der Waals surface area contributed by atoms with Gasteiger partial charge in [0, 0.05) is 18.6 Å². The van der Waals surface area contributed by atoms with E-state index in [1.165, 1.54) is 12.8 Å². The molecule has 1 saturated carbocycles. The molecule has 1 aliphatic rings. The predicted molar refractivity (Wildman–Crippen MR) is 68.5 cm³/mol. The number of H-pyrrole nitrogens is 1. The first-order valence-electron chi connectivity index (χ1n) is 6.12. The monoisotopic (exact) mass is 240 g/mol. The van der Waals surface area contributed by atoms with Gasteiger partial charge in [-0.2, -0.15) is 0 Å². The molecular weight excluding hydrogens is 220 g/mol. The Morgan fingerprint density at radius 1 is 1.56 bits per heavy atom. The molecule has 1 aromatic rings. The van der Waals surface area contributed by atoms with E-state index < -0.39 is 0 Å². The summed E-state index contributed by atoms with van der Waals surface area (Å²) in [4.78, 5) is 2.32. The summed E-state index contributed by atoms with van der Waals surface area (Å²) in [6.07, 6.45) is 3.59. The number of rotatable bonds is 5. The SMILES string of the molecule is CCC(C)N(CC)c1n[nH]c(=S)n1C1CC1. The third-order valence-electron chi connectivity index (χ3n) is 3.32. The Labute approximate surface area is 102 Å². The first-order chi connectivity index (χ1) is 7.69. The summed E-state index contributed by atoms with van der Waals surface area (Å²) in [7, 11) is 0. The van der Waals surface area contributed by atoms with Gasteiger partial charge in [-0.25, -0.2) is 5.10 Å². The van der Waals surface area contributed by atoms with Gasteiger partial charge in [-0.1, -0.05) is 6.92 Å². The zero-order chi connectivity index (χ0) is 11.7. The highest BCUT2D eigenvalue weighted by molar-refractivity contribution is 7.71. The lowest BCUT2D eigenvalue weighted by Gasteiger charge is -2.28. The van der Waals surface area contributed by atoms with Gasteiger partial charge in [0.15, 0.2) is 4.77 Å². The van der Waals surface area contributed by atoms with Crippen LogP contribution in [-0.2, 0) is 0 Å². The van der Waals surface area contributed by atoms with Gasteiger partial charge in [0.25, 0.3) is 0 Å². The molecule has 16 heavy (non-hydrogen) atoms. The van der Waals surface area contributed by atoms with E-state index in [0.717, 1.165) is 23.7 Å². The minimum atomic E-state index is 0.507. The Kier molecular flexibility index (Phi) is 3.33. The van der Waals surface area contributed by atoms with Crippen LogP contribution in [-0.4, -0.2) is 27.4 Å². The second kappa shape index (κ2) is 4.57. The summed E-state index contributed by atoms with van der Waals surface area (Å²) in [5, 5.41) is 7.32. The first kappa shape index (κ1) is 11.6. The van der Waals surface area contributed by atoms with Crippen molar-refractivity contribution >= 4 is 18.2 Å². The van der Waals surface area contributed by atoms with Crippen LogP contribution in [0.3, 0.4) is 0 Å². The van der Waals surface area contributed by atoms with Crippen LogP contribution in [0.1, 0.15) is 46.1 Å². The van der Waals surface area contributed by atoms with Crippen molar-refractivity contribution in [2.24, 2.45) is 0 Å². The third-order valence-corrected chi connectivity index (χ3v) is 3.61. The third kappa shape index (κ3) is 2.00. The molecule has 1 fully saturated rings. The summed E-state index contributed by atoms with van der Waals surface area (Å²) < 4.78 is 2.95. The van der Waals surface area contributed by atoms with E-state index in [2.05, 4.69) is 40.4 Å². The van der Waals surface area contributed by atoms with E-state index in [4.69, 9.17) is 12.2 Å². The van der Waals surface area contributed by atoms with Crippen LogP contribution in [0.25, 0.3) is 0 Å². The van der Waals surface area contributed by atoms with E-state index in [1.807, 2.05) is 0 Å². The Balaban J connectivity index is 2.33. The van der Waals surface area contributed by atoms with E-state index in [0.29, 0.717) is 12.1 Å². The smallest absolute Gasteiger partial charge is 0.226 e. The highest BCUT2D eigenvalue weighted by atomic mass is 32.1. The number of nitrogens with zero attached hydrogens (tertiary/aromatic N) is 3. The van der Waals surface area contributed by atoms with Crippen molar-refractivity contribution in [2.75, 3.05) is 11.4 Å². The maximum Gasteiger partial charge on any atom is 0.226 e. The molecule has 1 aliphatic carbocycles. The quantitative estimate of drug-likeness (QED) is 0.804. The minimum Gasteiger partial charge on any atom is -0.339 e. The van der Waals surface area contributed by atoms with Crippen molar-refractivity contribution < 1.29 is 0 Å². The van der Waals surface area contributed by atoms with Crippen molar-refractivity contribution in [3.05, 3.63) is 4.77 Å². The molecule has 0 radical (unpaired) electrons. The topological polar surface area (TPSA) is 36.9 Å². The van der Waals surface area contributed by atoms with Crippen LogP contribution in [0.5, 0.6) is 0 Å². The van der Waals surface area contributed by atoms with E-state index in [-0.39, 0.29) is 0 Å². The number of nitrogens with one attached hydrogen (secondary N) is 1. The highest BCUT2D eigenvalue weighted by Gasteiger charge is 2.29. The zero-order valence-electron chi connectivity index (χ0n) is 10.2. The molecule has 4 nitrogen and oxygen atoms in total. The maximum absolute atomic E-state index is 5.30. The largest absolute Gasteiger partial charge is 0.339 e. The predicted octanol–water partition coefficient (Wildman–Crippen LogP) is 2.90. The number of anilines is 1. The van der Waals surface area contributed by atoms with Crippen LogP contribution < -0.4 is 4.90 Å². The minimum absolute atomic E-state index is 0.507. The Bertz CT molecular complexity index is 404. The van der Waals surface area contributed by atoms with Gasteiger partial charge in [-0.3, -0.25) is 4.57 Å². The molecule has 1 heterocycles. The Hall–Kier alpha value is -0.840. The van der Waals surface area contributed by atoms with Crippen LogP contribution >= 0.6 is 12.2 Å². The Morgan fingerprint density at radius 2 is 2.25 bits per heavy atom. The zero-order valence-corrected chi connectivity index (χ0v) is 11.0. The van der Waals surface area contributed by atoms with Gasteiger partial charge in [0.1, 0.15) is 0 Å². The number of aromatic nitrogens is 3. The fourth-order valence-corrected chi connectivity index (χ4v) is 2.31. The van der Waals surface area contributed by atoms with Crippen molar-refractivity contribution in [3.63, 3.8) is 0 Å². The lowest BCUT2D eigenvalue weighted by atomic mass is 10.2. The van der Waals surface area contributed by atoms with Crippen LogP contribution in [0.4, 0.5) is 5.95 Å². The number of hydrogen-bond donors (Lipinski definition) is 1. The second-order valence-corrected chi connectivity index (χ2v) is 4.86. The van der Waals surface area contributed by atoms with Crippen molar-refractivity contribution in [1.29, 1.82) is 0 Å². The summed E-state index contributed by atoms with van der Waals surface area (Å²) in [6, 6.07) is 1.09. The van der Waals surface area contributed by atoms with Gasteiger partial charge < -0.3 is 4.90 Å². The van der Waals surface area contributed by atoms with Crippen LogP contribution in [0.15, 0.2) is 0 Å². The highest BCUT2D eigenvalue weighted by Crippen LogP contribution is 2.38. The molecule has 0 aliphatic heterocycles. The average Bonchev–Trinajstić information content (AvgIpc) is 3.05. The molecule has 0 amide bonds.